The molecule has 0 saturated carbocycles. The number of nitrogens with zero attached hydrogens (tertiary/aromatic N) is 1. The Labute approximate surface area is 128 Å². The number of carbonyl (C=O) groups is 1. The van der Waals surface area contributed by atoms with Crippen LogP contribution >= 0.6 is 0 Å². The van der Waals surface area contributed by atoms with Gasteiger partial charge in [0.05, 0.1) is 6.42 Å². The van der Waals surface area contributed by atoms with Crippen molar-refractivity contribution in [2.24, 2.45) is 0 Å². The quantitative estimate of drug-likeness (QED) is 0.816. The van der Waals surface area contributed by atoms with E-state index in [0.29, 0.717) is 12.5 Å². The maximum absolute atomic E-state index is 11.9. The van der Waals surface area contributed by atoms with E-state index in [1.54, 1.807) is 0 Å². The van der Waals surface area contributed by atoms with E-state index in [0.717, 1.165) is 25.1 Å². The van der Waals surface area contributed by atoms with Gasteiger partial charge < -0.3 is 10.2 Å². The zero-order valence-electron chi connectivity index (χ0n) is 13.4. The Bertz CT molecular complexity index is 458. The van der Waals surface area contributed by atoms with Gasteiger partial charge in [-0.1, -0.05) is 36.2 Å². The second-order valence-electron chi connectivity index (χ2n) is 6.25. The van der Waals surface area contributed by atoms with Crippen molar-refractivity contribution in [1.82, 2.24) is 10.2 Å². The third kappa shape index (κ3) is 5.50. The minimum atomic E-state index is 0.132. The third-order valence-electron chi connectivity index (χ3n) is 4.33. The highest BCUT2D eigenvalue weighted by molar-refractivity contribution is 5.78. The van der Waals surface area contributed by atoms with Crippen molar-refractivity contribution in [2.45, 2.75) is 52.0 Å². The molecule has 0 spiro atoms. The van der Waals surface area contributed by atoms with Crippen LogP contribution in [-0.2, 0) is 11.2 Å². The summed E-state index contributed by atoms with van der Waals surface area (Å²) in [5.41, 5.74) is 2.30. The molecular formula is C18H28N2O. The average Bonchev–Trinajstić information content (AvgIpc) is 2.45. The Morgan fingerprint density at radius 1 is 1.38 bits per heavy atom. The Balaban J connectivity index is 1.63. The van der Waals surface area contributed by atoms with Gasteiger partial charge in [0.1, 0.15) is 0 Å². The summed E-state index contributed by atoms with van der Waals surface area (Å²) >= 11 is 0. The Hall–Kier alpha value is -1.35. The van der Waals surface area contributed by atoms with E-state index in [2.05, 4.69) is 36.2 Å². The van der Waals surface area contributed by atoms with Crippen LogP contribution in [0.1, 0.15) is 43.7 Å². The third-order valence-corrected chi connectivity index (χ3v) is 4.33. The van der Waals surface area contributed by atoms with Gasteiger partial charge in [-0.05, 0) is 45.2 Å². The van der Waals surface area contributed by atoms with Crippen LogP contribution in [0.3, 0.4) is 0 Å². The van der Waals surface area contributed by atoms with Crippen LogP contribution in [0.15, 0.2) is 24.3 Å². The summed E-state index contributed by atoms with van der Waals surface area (Å²) < 4.78 is 0. The molecule has 21 heavy (non-hydrogen) atoms. The Morgan fingerprint density at radius 3 is 3.00 bits per heavy atom. The van der Waals surface area contributed by atoms with Gasteiger partial charge >= 0.3 is 0 Å². The minimum absolute atomic E-state index is 0.132. The number of nitrogens with one attached hydrogen (secondary N) is 1. The lowest BCUT2D eigenvalue weighted by molar-refractivity contribution is -0.120. The summed E-state index contributed by atoms with van der Waals surface area (Å²) in [6, 6.07) is 8.87. The molecule has 2 rings (SSSR count). The van der Waals surface area contributed by atoms with E-state index in [-0.39, 0.29) is 5.91 Å². The molecule has 1 aliphatic heterocycles. The van der Waals surface area contributed by atoms with E-state index in [1.165, 1.54) is 31.4 Å². The number of likely N-dealkylation sites (tertiary alicyclic amines) is 1. The van der Waals surface area contributed by atoms with E-state index < -0.39 is 0 Å². The summed E-state index contributed by atoms with van der Waals surface area (Å²) in [7, 11) is 0. The van der Waals surface area contributed by atoms with Crippen molar-refractivity contribution >= 4 is 5.91 Å². The molecule has 1 fully saturated rings. The van der Waals surface area contributed by atoms with Gasteiger partial charge in [-0.2, -0.15) is 0 Å². The lowest BCUT2D eigenvalue weighted by atomic mass is 10.0. The largest absolute Gasteiger partial charge is 0.356 e. The monoisotopic (exact) mass is 288 g/mol. The molecule has 1 aromatic rings. The summed E-state index contributed by atoms with van der Waals surface area (Å²) in [4.78, 5) is 14.5. The molecule has 1 atom stereocenters. The van der Waals surface area contributed by atoms with Crippen molar-refractivity contribution in [1.29, 1.82) is 0 Å². The van der Waals surface area contributed by atoms with Crippen molar-refractivity contribution < 1.29 is 4.79 Å². The lowest BCUT2D eigenvalue weighted by Crippen LogP contribution is -2.39. The topological polar surface area (TPSA) is 32.3 Å². The number of piperidine rings is 1. The SMILES string of the molecule is Cc1cccc(CC(=O)NCCCN2CCCCC2C)c1. The van der Waals surface area contributed by atoms with Gasteiger partial charge in [0.2, 0.25) is 5.91 Å². The van der Waals surface area contributed by atoms with Gasteiger partial charge in [-0.25, -0.2) is 0 Å². The molecule has 1 heterocycles. The smallest absolute Gasteiger partial charge is 0.224 e. The van der Waals surface area contributed by atoms with Crippen LogP contribution in [0.2, 0.25) is 0 Å². The second kappa shape index (κ2) is 8.18. The first-order valence-electron chi connectivity index (χ1n) is 8.21. The first-order chi connectivity index (χ1) is 10.1. The first-order valence-corrected chi connectivity index (χ1v) is 8.21. The fourth-order valence-corrected chi connectivity index (χ4v) is 3.07. The second-order valence-corrected chi connectivity index (χ2v) is 6.25. The van der Waals surface area contributed by atoms with Crippen LogP contribution in [0.5, 0.6) is 0 Å². The summed E-state index contributed by atoms with van der Waals surface area (Å²) in [5.74, 6) is 0.132. The van der Waals surface area contributed by atoms with E-state index in [4.69, 9.17) is 0 Å². The van der Waals surface area contributed by atoms with E-state index >= 15 is 0 Å². The predicted octanol–water partition coefficient (Wildman–Crippen LogP) is 2.92. The van der Waals surface area contributed by atoms with Crippen molar-refractivity contribution in [3.63, 3.8) is 0 Å². The first kappa shape index (κ1) is 16.0. The molecule has 0 aromatic heterocycles. The van der Waals surface area contributed by atoms with Gasteiger partial charge in [-0.15, -0.1) is 0 Å². The van der Waals surface area contributed by atoms with Crippen molar-refractivity contribution in [2.75, 3.05) is 19.6 Å². The maximum atomic E-state index is 11.9. The summed E-state index contributed by atoms with van der Waals surface area (Å²) in [6.07, 6.45) is 5.54. The van der Waals surface area contributed by atoms with Gasteiger partial charge in [0.25, 0.3) is 0 Å². The van der Waals surface area contributed by atoms with Crippen LogP contribution in [0, 0.1) is 6.92 Å². The molecule has 0 aliphatic carbocycles. The van der Waals surface area contributed by atoms with Crippen LogP contribution in [0.4, 0.5) is 0 Å². The number of hydrogen-bond donors (Lipinski definition) is 1. The summed E-state index contributed by atoms with van der Waals surface area (Å²) in [5, 5.41) is 3.04. The lowest BCUT2D eigenvalue weighted by Gasteiger charge is -2.33. The van der Waals surface area contributed by atoms with E-state index in [1.807, 2.05) is 12.1 Å². The molecule has 1 aliphatic rings. The van der Waals surface area contributed by atoms with Gasteiger partial charge in [0, 0.05) is 19.1 Å². The molecule has 1 saturated heterocycles. The minimum Gasteiger partial charge on any atom is -0.356 e. The van der Waals surface area contributed by atoms with Crippen LogP contribution in [0.25, 0.3) is 0 Å². The highest BCUT2D eigenvalue weighted by Crippen LogP contribution is 2.16. The maximum Gasteiger partial charge on any atom is 0.224 e. The fourth-order valence-electron chi connectivity index (χ4n) is 3.07. The number of benzene rings is 1. The fraction of sp³-hybridized carbons (Fsp3) is 0.611. The molecule has 0 bridgehead atoms. The normalized spacial score (nSPS) is 19.4. The zero-order valence-corrected chi connectivity index (χ0v) is 13.4. The van der Waals surface area contributed by atoms with Gasteiger partial charge in [0.15, 0.2) is 0 Å². The Morgan fingerprint density at radius 2 is 2.24 bits per heavy atom. The molecule has 1 unspecified atom stereocenters. The standard InChI is InChI=1S/C18H28N2O/c1-15-7-5-9-17(13-15)14-18(21)19-10-6-12-20-11-4-3-8-16(20)2/h5,7,9,13,16H,3-4,6,8,10-12,14H2,1-2H3,(H,19,21). The van der Waals surface area contributed by atoms with Gasteiger partial charge in [-0.3, -0.25) is 4.79 Å². The molecule has 1 amide bonds. The number of aryl methyl sites for hydroxylation is 1. The molecule has 1 N–H and O–H groups in total. The highest BCUT2D eigenvalue weighted by Gasteiger charge is 2.17. The molecule has 3 heteroatoms. The number of amides is 1. The van der Waals surface area contributed by atoms with Crippen LogP contribution in [-0.4, -0.2) is 36.5 Å². The number of rotatable bonds is 6. The zero-order chi connectivity index (χ0) is 15.1. The summed E-state index contributed by atoms with van der Waals surface area (Å²) in [6.45, 7) is 7.48. The Kier molecular flexibility index (Phi) is 6.24. The van der Waals surface area contributed by atoms with Crippen LogP contribution < -0.4 is 5.32 Å². The number of hydrogen-bond acceptors (Lipinski definition) is 2. The molecule has 3 nitrogen and oxygen atoms in total. The molecule has 1 aromatic carbocycles. The number of carbonyl (C=O) groups excluding carboxylic acids is 1. The molecule has 0 radical (unpaired) electrons. The van der Waals surface area contributed by atoms with Crippen molar-refractivity contribution in [3.8, 4) is 0 Å². The van der Waals surface area contributed by atoms with E-state index in [9.17, 15) is 4.79 Å². The molecular weight excluding hydrogens is 260 g/mol. The predicted molar refractivity (Wildman–Crippen MR) is 87.4 cm³/mol. The molecule has 116 valence electrons. The van der Waals surface area contributed by atoms with Crippen molar-refractivity contribution in [3.05, 3.63) is 35.4 Å². The highest BCUT2D eigenvalue weighted by atomic mass is 16.1. The average molecular weight is 288 g/mol.